The second kappa shape index (κ2) is 9.42. The molecule has 1 rings (SSSR count). The standard InChI is InChI=1S/C16H25NO2/c1-3-5-6-7-8-9-14-12-15(17-13-14)10-11-16(18)19-4-2/h10-13,17H,3-9H2,1-2H3. The van der Waals surface area contributed by atoms with E-state index in [-0.39, 0.29) is 5.97 Å². The fraction of sp³-hybridized carbons (Fsp3) is 0.562. The normalized spacial score (nSPS) is 11.1. The Hall–Kier alpha value is -1.51. The minimum atomic E-state index is -0.293. The maximum atomic E-state index is 11.2. The number of esters is 1. The third-order valence-corrected chi connectivity index (χ3v) is 3.02. The van der Waals surface area contributed by atoms with Gasteiger partial charge in [0.05, 0.1) is 6.61 Å². The van der Waals surface area contributed by atoms with Crippen molar-refractivity contribution in [1.29, 1.82) is 0 Å². The molecule has 0 unspecified atom stereocenters. The third kappa shape index (κ3) is 6.85. The molecule has 0 amide bonds. The van der Waals surface area contributed by atoms with E-state index in [0.717, 1.165) is 12.1 Å². The van der Waals surface area contributed by atoms with Crippen LogP contribution in [0.1, 0.15) is 57.2 Å². The van der Waals surface area contributed by atoms with Gasteiger partial charge in [-0.1, -0.05) is 32.6 Å². The Kier molecular flexibility index (Phi) is 7.71. The summed E-state index contributed by atoms with van der Waals surface area (Å²) in [7, 11) is 0. The SMILES string of the molecule is CCCCCCCc1c[nH]c(C=CC(=O)OCC)c1. The van der Waals surface area contributed by atoms with Gasteiger partial charge in [0.2, 0.25) is 0 Å². The van der Waals surface area contributed by atoms with Crippen molar-refractivity contribution in [3.8, 4) is 0 Å². The van der Waals surface area contributed by atoms with E-state index >= 15 is 0 Å². The Morgan fingerprint density at radius 1 is 1.26 bits per heavy atom. The lowest BCUT2D eigenvalue weighted by Gasteiger charge is -1.97. The smallest absolute Gasteiger partial charge is 0.330 e. The van der Waals surface area contributed by atoms with Crippen LogP contribution < -0.4 is 0 Å². The summed E-state index contributed by atoms with van der Waals surface area (Å²) in [5.74, 6) is -0.293. The van der Waals surface area contributed by atoms with Gasteiger partial charge in [-0.05, 0) is 37.5 Å². The number of hydrogen-bond acceptors (Lipinski definition) is 2. The maximum absolute atomic E-state index is 11.2. The Labute approximate surface area is 116 Å². The number of carbonyl (C=O) groups excluding carboxylic acids is 1. The first-order chi connectivity index (χ1) is 9.26. The summed E-state index contributed by atoms with van der Waals surface area (Å²) in [6, 6.07) is 2.09. The summed E-state index contributed by atoms with van der Waals surface area (Å²) in [6.45, 7) is 4.45. The van der Waals surface area contributed by atoms with E-state index in [9.17, 15) is 4.79 Å². The zero-order valence-electron chi connectivity index (χ0n) is 12.1. The minimum Gasteiger partial charge on any atom is -0.463 e. The second-order valence-corrected chi connectivity index (χ2v) is 4.71. The quantitative estimate of drug-likeness (QED) is 0.414. The molecule has 0 atom stereocenters. The molecule has 0 saturated heterocycles. The average molecular weight is 263 g/mol. The van der Waals surface area contributed by atoms with E-state index in [1.54, 1.807) is 13.0 Å². The number of unbranched alkanes of at least 4 members (excludes halogenated alkanes) is 4. The molecule has 3 nitrogen and oxygen atoms in total. The van der Waals surface area contributed by atoms with Crippen molar-refractivity contribution in [2.75, 3.05) is 6.61 Å². The molecule has 0 radical (unpaired) electrons. The molecule has 1 N–H and O–H groups in total. The minimum absolute atomic E-state index is 0.293. The largest absolute Gasteiger partial charge is 0.463 e. The van der Waals surface area contributed by atoms with Gasteiger partial charge in [-0.15, -0.1) is 0 Å². The number of aryl methyl sites for hydroxylation is 1. The Morgan fingerprint density at radius 3 is 2.79 bits per heavy atom. The fourth-order valence-corrected chi connectivity index (χ4v) is 1.98. The summed E-state index contributed by atoms with van der Waals surface area (Å²) in [5.41, 5.74) is 2.26. The molecular formula is C16H25NO2. The Balaban J connectivity index is 2.29. The van der Waals surface area contributed by atoms with Gasteiger partial charge in [-0.25, -0.2) is 4.79 Å². The summed E-state index contributed by atoms with van der Waals surface area (Å²) in [5, 5.41) is 0. The Morgan fingerprint density at radius 2 is 2.05 bits per heavy atom. The highest BCUT2D eigenvalue weighted by Gasteiger charge is 1.98. The number of hydrogen-bond donors (Lipinski definition) is 1. The van der Waals surface area contributed by atoms with E-state index in [2.05, 4.69) is 18.0 Å². The zero-order chi connectivity index (χ0) is 13.9. The molecule has 3 heteroatoms. The van der Waals surface area contributed by atoms with Crippen LogP contribution in [0.5, 0.6) is 0 Å². The van der Waals surface area contributed by atoms with Gasteiger partial charge in [0.15, 0.2) is 0 Å². The number of carbonyl (C=O) groups is 1. The lowest BCUT2D eigenvalue weighted by Crippen LogP contribution is -1.98. The lowest BCUT2D eigenvalue weighted by molar-refractivity contribution is -0.137. The van der Waals surface area contributed by atoms with Crippen LogP contribution in [0.4, 0.5) is 0 Å². The van der Waals surface area contributed by atoms with Crippen LogP contribution in [0.3, 0.4) is 0 Å². The van der Waals surface area contributed by atoms with Crippen LogP contribution in [-0.4, -0.2) is 17.6 Å². The first-order valence-corrected chi connectivity index (χ1v) is 7.28. The molecule has 19 heavy (non-hydrogen) atoms. The lowest BCUT2D eigenvalue weighted by atomic mass is 10.1. The highest BCUT2D eigenvalue weighted by atomic mass is 16.5. The number of rotatable bonds is 9. The topological polar surface area (TPSA) is 42.1 Å². The van der Waals surface area contributed by atoms with Crippen molar-refractivity contribution >= 4 is 12.0 Å². The van der Waals surface area contributed by atoms with Gasteiger partial charge in [0, 0.05) is 18.0 Å². The molecule has 0 fully saturated rings. The van der Waals surface area contributed by atoms with Crippen LogP contribution in [0, 0.1) is 0 Å². The molecular weight excluding hydrogens is 238 g/mol. The summed E-state index contributed by atoms with van der Waals surface area (Å²) in [4.78, 5) is 14.3. The number of aromatic amines is 1. The van der Waals surface area contributed by atoms with Crippen LogP contribution in [0.2, 0.25) is 0 Å². The second-order valence-electron chi connectivity index (χ2n) is 4.71. The van der Waals surface area contributed by atoms with Gasteiger partial charge in [-0.2, -0.15) is 0 Å². The Bertz CT molecular complexity index is 393. The van der Waals surface area contributed by atoms with E-state index < -0.39 is 0 Å². The van der Waals surface area contributed by atoms with Crippen molar-refractivity contribution < 1.29 is 9.53 Å². The van der Waals surface area contributed by atoms with Crippen LogP contribution >= 0.6 is 0 Å². The molecule has 0 aliphatic carbocycles. The van der Waals surface area contributed by atoms with E-state index in [4.69, 9.17) is 4.74 Å². The van der Waals surface area contributed by atoms with Gasteiger partial charge in [0.1, 0.15) is 0 Å². The van der Waals surface area contributed by atoms with Gasteiger partial charge in [0.25, 0.3) is 0 Å². The van der Waals surface area contributed by atoms with Gasteiger partial charge >= 0.3 is 5.97 Å². The average Bonchev–Trinajstić information content (AvgIpc) is 2.84. The van der Waals surface area contributed by atoms with Crippen LogP contribution in [0.25, 0.3) is 6.08 Å². The highest BCUT2D eigenvalue weighted by Crippen LogP contribution is 2.11. The molecule has 0 aliphatic heterocycles. The third-order valence-electron chi connectivity index (χ3n) is 3.02. The summed E-state index contributed by atoms with van der Waals surface area (Å²) < 4.78 is 4.83. The molecule has 106 valence electrons. The van der Waals surface area contributed by atoms with Gasteiger partial charge in [-0.3, -0.25) is 0 Å². The van der Waals surface area contributed by atoms with E-state index in [1.807, 2.05) is 6.20 Å². The number of H-pyrrole nitrogens is 1. The molecule has 0 bridgehead atoms. The number of nitrogens with one attached hydrogen (secondary N) is 1. The molecule has 1 aromatic heterocycles. The monoisotopic (exact) mass is 263 g/mol. The predicted octanol–water partition coefficient (Wildman–Crippen LogP) is 4.10. The molecule has 0 saturated carbocycles. The fourth-order valence-electron chi connectivity index (χ4n) is 1.98. The van der Waals surface area contributed by atoms with Crippen LogP contribution in [-0.2, 0) is 16.0 Å². The molecule has 1 aromatic rings. The van der Waals surface area contributed by atoms with Crippen molar-refractivity contribution in [1.82, 2.24) is 4.98 Å². The van der Waals surface area contributed by atoms with E-state index in [1.165, 1.54) is 43.7 Å². The zero-order valence-corrected chi connectivity index (χ0v) is 12.1. The summed E-state index contributed by atoms with van der Waals surface area (Å²) >= 11 is 0. The maximum Gasteiger partial charge on any atom is 0.330 e. The summed E-state index contributed by atoms with van der Waals surface area (Å²) in [6.07, 6.45) is 12.8. The van der Waals surface area contributed by atoms with Gasteiger partial charge < -0.3 is 9.72 Å². The molecule has 0 spiro atoms. The van der Waals surface area contributed by atoms with Crippen LogP contribution in [0.15, 0.2) is 18.3 Å². The van der Waals surface area contributed by atoms with Crippen molar-refractivity contribution in [2.45, 2.75) is 52.4 Å². The first-order valence-electron chi connectivity index (χ1n) is 7.28. The molecule has 0 aliphatic rings. The number of aromatic nitrogens is 1. The molecule has 1 heterocycles. The van der Waals surface area contributed by atoms with Crippen molar-refractivity contribution in [3.63, 3.8) is 0 Å². The highest BCUT2D eigenvalue weighted by molar-refractivity contribution is 5.86. The van der Waals surface area contributed by atoms with Crippen molar-refractivity contribution in [3.05, 3.63) is 29.6 Å². The first kappa shape index (κ1) is 15.5. The molecule has 0 aromatic carbocycles. The predicted molar refractivity (Wildman–Crippen MR) is 78.9 cm³/mol. The van der Waals surface area contributed by atoms with Crippen molar-refractivity contribution in [2.24, 2.45) is 0 Å². The van der Waals surface area contributed by atoms with E-state index in [0.29, 0.717) is 6.61 Å². The number of ether oxygens (including phenoxy) is 1.